The third-order valence-electron chi connectivity index (χ3n) is 1.81. The minimum absolute atomic E-state index is 0.206. The van der Waals surface area contributed by atoms with E-state index >= 15 is 0 Å². The molecule has 0 radical (unpaired) electrons. The van der Waals surface area contributed by atoms with Gasteiger partial charge in [-0.25, -0.2) is 0 Å². The van der Waals surface area contributed by atoms with Gasteiger partial charge >= 0.3 is 0 Å². The molecule has 5 heteroatoms. The van der Waals surface area contributed by atoms with Gasteiger partial charge in [0.2, 0.25) is 6.23 Å². The first-order valence-corrected chi connectivity index (χ1v) is 4.61. The molecule has 1 aliphatic rings. The number of benzene rings is 1. The maximum Gasteiger partial charge on any atom is 0.206 e. The number of rotatable bonds is 1. The summed E-state index contributed by atoms with van der Waals surface area (Å²) in [6.07, 6.45) is -0.303. The van der Waals surface area contributed by atoms with Crippen molar-refractivity contribution in [3.05, 3.63) is 24.3 Å². The molecule has 1 aliphatic heterocycles. The number of nitrogens with two attached hydrogens (primary N) is 1. The first-order valence-electron chi connectivity index (χ1n) is 4.20. The van der Waals surface area contributed by atoms with Gasteiger partial charge in [-0.3, -0.25) is 0 Å². The molecule has 0 bridgehead atoms. The highest BCUT2D eigenvalue weighted by Crippen LogP contribution is 2.30. The lowest BCUT2D eigenvalue weighted by molar-refractivity contribution is 0.0813. The van der Waals surface area contributed by atoms with Crippen LogP contribution in [0.1, 0.15) is 0 Å². The van der Waals surface area contributed by atoms with Crippen molar-refractivity contribution < 1.29 is 9.47 Å². The summed E-state index contributed by atoms with van der Waals surface area (Å²) in [5.41, 5.74) is 5.33. The van der Waals surface area contributed by atoms with Crippen molar-refractivity contribution in [2.75, 3.05) is 6.61 Å². The fourth-order valence-corrected chi connectivity index (χ4v) is 1.38. The second-order valence-corrected chi connectivity index (χ2v) is 3.31. The van der Waals surface area contributed by atoms with Gasteiger partial charge in [-0.15, -0.1) is 0 Å². The number of fused-ring (bicyclic) bond motifs is 1. The maximum absolute atomic E-state index is 5.54. The fraction of sp³-hybridized carbons (Fsp3) is 0.222. The lowest BCUT2D eigenvalue weighted by atomic mass is 10.3. The van der Waals surface area contributed by atoms with Gasteiger partial charge in [-0.1, -0.05) is 12.1 Å². The number of hydrogen-bond donors (Lipinski definition) is 2. The smallest absolute Gasteiger partial charge is 0.206 e. The average Bonchev–Trinajstić information content (AvgIpc) is 2.17. The minimum atomic E-state index is -0.303. The molecule has 4 nitrogen and oxygen atoms in total. The van der Waals surface area contributed by atoms with Gasteiger partial charge in [0.05, 0.1) is 0 Å². The van der Waals surface area contributed by atoms with Crippen LogP contribution in [0, 0.1) is 0 Å². The molecule has 1 aromatic rings. The molecule has 1 atom stereocenters. The number of ether oxygens (including phenoxy) is 2. The van der Waals surface area contributed by atoms with Gasteiger partial charge in [0.25, 0.3) is 0 Å². The normalized spacial score (nSPS) is 18.7. The standard InChI is InChI=1S/C9H10N2O2S/c10-9(14)11-8-5-12-6-3-1-2-4-7(6)13-8/h1-4,8H,5H2,(H3,10,11,14). The van der Waals surface area contributed by atoms with Crippen LogP contribution in [0.2, 0.25) is 0 Å². The Hall–Kier alpha value is -1.49. The van der Waals surface area contributed by atoms with E-state index in [2.05, 4.69) is 5.32 Å². The molecule has 0 aliphatic carbocycles. The topological polar surface area (TPSA) is 56.5 Å². The van der Waals surface area contributed by atoms with Crippen LogP contribution in [0.4, 0.5) is 0 Å². The number of thiocarbonyl (C=S) groups is 1. The first-order chi connectivity index (χ1) is 6.75. The van der Waals surface area contributed by atoms with E-state index in [9.17, 15) is 0 Å². The van der Waals surface area contributed by atoms with E-state index < -0.39 is 0 Å². The van der Waals surface area contributed by atoms with Crippen LogP contribution < -0.4 is 20.5 Å². The quantitative estimate of drug-likeness (QED) is 0.665. The van der Waals surface area contributed by atoms with Crippen molar-refractivity contribution in [3.63, 3.8) is 0 Å². The van der Waals surface area contributed by atoms with Gasteiger partial charge in [-0.2, -0.15) is 0 Å². The molecule has 0 spiro atoms. The van der Waals surface area contributed by atoms with Crippen molar-refractivity contribution in [3.8, 4) is 11.5 Å². The summed E-state index contributed by atoms with van der Waals surface area (Å²) < 4.78 is 11.0. The predicted molar refractivity (Wildman–Crippen MR) is 56.3 cm³/mol. The Balaban J connectivity index is 2.09. The van der Waals surface area contributed by atoms with Gasteiger partial charge in [0.15, 0.2) is 16.6 Å². The molecular weight excluding hydrogens is 200 g/mol. The van der Waals surface area contributed by atoms with E-state index in [1.54, 1.807) is 0 Å². The number of nitrogens with one attached hydrogen (secondary N) is 1. The zero-order chi connectivity index (χ0) is 9.97. The zero-order valence-corrected chi connectivity index (χ0v) is 8.21. The second-order valence-electron chi connectivity index (χ2n) is 2.87. The summed E-state index contributed by atoms with van der Waals surface area (Å²) in [6, 6.07) is 7.46. The molecule has 1 unspecified atom stereocenters. The summed E-state index contributed by atoms with van der Waals surface area (Å²) in [6.45, 7) is 0.397. The van der Waals surface area contributed by atoms with Gasteiger partial charge in [0, 0.05) is 0 Å². The Morgan fingerprint density at radius 1 is 1.43 bits per heavy atom. The predicted octanol–water partition coefficient (Wildman–Crippen LogP) is 0.617. The van der Waals surface area contributed by atoms with Crippen LogP contribution in [0.3, 0.4) is 0 Å². The summed E-state index contributed by atoms with van der Waals surface area (Å²) in [5, 5.41) is 2.99. The average molecular weight is 210 g/mol. The largest absolute Gasteiger partial charge is 0.484 e. The molecule has 3 N–H and O–H groups in total. The Morgan fingerprint density at radius 2 is 2.14 bits per heavy atom. The lowest BCUT2D eigenvalue weighted by Gasteiger charge is -2.26. The van der Waals surface area contributed by atoms with E-state index in [1.807, 2.05) is 24.3 Å². The Morgan fingerprint density at radius 3 is 2.86 bits per heavy atom. The second kappa shape index (κ2) is 3.71. The molecule has 1 heterocycles. The molecule has 0 aromatic heterocycles. The minimum Gasteiger partial charge on any atom is -0.484 e. The van der Waals surface area contributed by atoms with E-state index in [0.29, 0.717) is 12.4 Å². The molecule has 0 saturated carbocycles. The summed E-state index contributed by atoms with van der Waals surface area (Å²) in [5.74, 6) is 1.45. The maximum atomic E-state index is 5.54. The van der Waals surface area contributed by atoms with E-state index in [0.717, 1.165) is 5.75 Å². The van der Waals surface area contributed by atoms with Crippen molar-refractivity contribution in [2.45, 2.75) is 6.23 Å². The van der Waals surface area contributed by atoms with Gasteiger partial charge < -0.3 is 20.5 Å². The molecule has 0 saturated heterocycles. The van der Waals surface area contributed by atoms with Crippen LogP contribution >= 0.6 is 12.2 Å². The van der Waals surface area contributed by atoms with Gasteiger partial charge in [0.1, 0.15) is 6.61 Å². The Bertz CT molecular complexity index is 356. The Kier molecular flexibility index (Phi) is 2.41. The zero-order valence-electron chi connectivity index (χ0n) is 7.40. The molecule has 0 amide bonds. The lowest BCUT2D eigenvalue weighted by Crippen LogP contribution is -2.47. The van der Waals surface area contributed by atoms with Gasteiger partial charge in [-0.05, 0) is 24.4 Å². The number of para-hydroxylation sites is 2. The number of hydrogen-bond acceptors (Lipinski definition) is 3. The Labute approximate surface area is 87.0 Å². The van der Waals surface area contributed by atoms with Crippen molar-refractivity contribution in [2.24, 2.45) is 5.73 Å². The third kappa shape index (κ3) is 1.88. The molecule has 74 valence electrons. The van der Waals surface area contributed by atoms with Crippen molar-refractivity contribution in [1.29, 1.82) is 0 Å². The van der Waals surface area contributed by atoms with Crippen LogP contribution in [0.15, 0.2) is 24.3 Å². The van der Waals surface area contributed by atoms with E-state index in [1.165, 1.54) is 0 Å². The summed E-state index contributed by atoms with van der Waals surface area (Å²) >= 11 is 4.71. The van der Waals surface area contributed by atoms with E-state index in [4.69, 9.17) is 27.4 Å². The first kappa shape index (κ1) is 9.08. The third-order valence-corrected chi connectivity index (χ3v) is 1.93. The SMILES string of the molecule is NC(=S)NC1COc2ccccc2O1. The van der Waals surface area contributed by atoms with Crippen molar-refractivity contribution in [1.82, 2.24) is 5.32 Å². The molecule has 14 heavy (non-hydrogen) atoms. The highest BCUT2D eigenvalue weighted by atomic mass is 32.1. The molecule has 0 fully saturated rings. The highest BCUT2D eigenvalue weighted by Gasteiger charge is 2.19. The monoisotopic (exact) mass is 210 g/mol. The summed E-state index contributed by atoms with van der Waals surface area (Å²) in [7, 11) is 0. The molecular formula is C9H10N2O2S. The van der Waals surface area contributed by atoms with Crippen molar-refractivity contribution >= 4 is 17.3 Å². The van der Waals surface area contributed by atoms with Crippen LogP contribution in [0.5, 0.6) is 11.5 Å². The van der Waals surface area contributed by atoms with E-state index in [-0.39, 0.29) is 11.3 Å². The van der Waals surface area contributed by atoms with Crippen LogP contribution in [-0.4, -0.2) is 17.9 Å². The summed E-state index contributed by atoms with van der Waals surface area (Å²) in [4.78, 5) is 0. The molecule has 2 rings (SSSR count). The fourth-order valence-electron chi connectivity index (χ4n) is 1.25. The van der Waals surface area contributed by atoms with Crippen LogP contribution in [0.25, 0.3) is 0 Å². The highest BCUT2D eigenvalue weighted by molar-refractivity contribution is 7.80. The van der Waals surface area contributed by atoms with Crippen LogP contribution in [-0.2, 0) is 0 Å². The molecule has 1 aromatic carbocycles.